The molecular weight excluding hydrogens is 453 g/mol. The maximum Gasteiger partial charge on any atom is 0.344 e. The fraction of sp³-hybridized carbons (Fsp3) is 0.118. The van der Waals surface area contributed by atoms with Gasteiger partial charge in [0.05, 0.1) is 29.0 Å². The molecule has 2 aromatic heterocycles. The van der Waals surface area contributed by atoms with Crippen LogP contribution in [0.4, 0.5) is 4.39 Å². The van der Waals surface area contributed by atoms with E-state index in [9.17, 15) is 14.0 Å². The van der Waals surface area contributed by atoms with Crippen molar-refractivity contribution in [2.45, 2.75) is 12.7 Å². The van der Waals surface area contributed by atoms with Crippen molar-refractivity contribution >= 4 is 49.8 Å². The number of fused-ring (bicyclic) bond motifs is 2. The molecule has 0 spiro atoms. The molecule has 4 rings (SSSR count). The van der Waals surface area contributed by atoms with E-state index in [1.165, 1.54) is 10.7 Å². The number of ether oxygens (including phenoxy) is 1. The molecule has 4 aromatic rings. The van der Waals surface area contributed by atoms with Crippen molar-refractivity contribution in [3.05, 3.63) is 46.3 Å². The number of nitrogens with zero attached hydrogens (tertiary/aromatic N) is 4. The Morgan fingerprint density at radius 1 is 1.24 bits per heavy atom. The van der Waals surface area contributed by atoms with Gasteiger partial charge in [-0.15, -0.1) is 5.10 Å². The van der Waals surface area contributed by atoms with E-state index in [-0.39, 0.29) is 12.1 Å². The Morgan fingerprint density at radius 3 is 2.72 bits per heavy atom. The minimum atomic E-state index is -1.98. The standard InChI is InChI=1S/C17H11BrFN5O5/c18-7-3-10(19)14-13(4-7)24(23-22-14)8-1-2-9-11(5-8)20-21-12(9)6-29-15(16(25)26)17(27)28/h1-5,15H,6H2,(H,20,21)(H,25,26)(H,27,28). The number of benzene rings is 2. The first-order valence-corrected chi connectivity index (χ1v) is 8.89. The van der Waals surface area contributed by atoms with Gasteiger partial charge in [0, 0.05) is 9.86 Å². The minimum Gasteiger partial charge on any atom is -0.479 e. The van der Waals surface area contributed by atoms with Gasteiger partial charge in [-0.1, -0.05) is 21.1 Å². The molecule has 0 bridgehead atoms. The number of H-pyrrole nitrogens is 1. The van der Waals surface area contributed by atoms with Crippen LogP contribution >= 0.6 is 15.9 Å². The predicted octanol–water partition coefficient (Wildman–Crippen LogP) is 2.25. The molecule has 0 amide bonds. The molecular formula is C17H11BrFN5O5. The average molecular weight is 464 g/mol. The number of carbonyl (C=O) groups is 2. The quantitative estimate of drug-likeness (QED) is 0.369. The highest BCUT2D eigenvalue weighted by Crippen LogP contribution is 2.26. The number of hydrogen-bond acceptors (Lipinski definition) is 6. The van der Waals surface area contributed by atoms with Gasteiger partial charge in [0.1, 0.15) is 5.52 Å². The summed E-state index contributed by atoms with van der Waals surface area (Å²) in [4.78, 5) is 21.8. The van der Waals surface area contributed by atoms with E-state index < -0.39 is 23.9 Å². The molecule has 0 atom stereocenters. The first-order chi connectivity index (χ1) is 13.8. The van der Waals surface area contributed by atoms with Gasteiger partial charge in [0.25, 0.3) is 6.10 Å². The third kappa shape index (κ3) is 3.43. The second-order valence-electron chi connectivity index (χ2n) is 6.03. The number of carboxylic acid groups (broad SMARTS) is 2. The molecule has 0 unspecified atom stereocenters. The highest BCUT2D eigenvalue weighted by Gasteiger charge is 2.27. The number of hydrogen-bond donors (Lipinski definition) is 3. The van der Waals surface area contributed by atoms with Crippen LogP contribution in [0.3, 0.4) is 0 Å². The highest BCUT2D eigenvalue weighted by atomic mass is 79.9. The molecule has 0 radical (unpaired) electrons. The molecule has 0 aliphatic rings. The van der Waals surface area contributed by atoms with Crippen molar-refractivity contribution in [3.63, 3.8) is 0 Å². The van der Waals surface area contributed by atoms with Crippen LogP contribution in [-0.2, 0) is 20.9 Å². The van der Waals surface area contributed by atoms with Crippen LogP contribution in [0.5, 0.6) is 0 Å². The van der Waals surface area contributed by atoms with Crippen molar-refractivity contribution in [1.82, 2.24) is 25.2 Å². The van der Waals surface area contributed by atoms with Crippen LogP contribution in [0.1, 0.15) is 5.69 Å². The van der Waals surface area contributed by atoms with Crippen LogP contribution in [0.2, 0.25) is 0 Å². The molecule has 2 aromatic carbocycles. The van der Waals surface area contributed by atoms with E-state index in [0.717, 1.165) is 0 Å². The van der Waals surface area contributed by atoms with E-state index in [2.05, 4.69) is 36.4 Å². The number of rotatable bonds is 6. The van der Waals surface area contributed by atoms with Crippen molar-refractivity contribution in [1.29, 1.82) is 0 Å². The van der Waals surface area contributed by atoms with Gasteiger partial charge in [-0.05, 0) is 30.3 Å². The summed E-state index contributed by atoms with van der Waals surface area (Å²) >= 11 is 3.24. The third-order valence-corrected chi connectivity index (χ3v) is 4.63. The lowest BCUT2D eigenvalue weighted by atomic mass is 10.2. The molecule has 0 aliphatic carbocycles. The topological polar surface area (TPSA) is 143 Å². The van der Waals surface area contributed by atoms with Crippen molar-refractivity contribution in [2.75, 3.05) is 0 Å². The van der Waals surface area contributed by atoms with Crippen molar-refractivity contribution < 1.29 is 28.9 Å². The van der Waals surface area contributed by atoms with Gasteiger partial charge in [-0.3, -0.25) is 5.10 Å². The van der Waals surface area contributed by atoms with Crippen LogP contribution in [0.15, 0.2) is 34.8 Å². The Hall–Kier alpha value is -3.38. The molecule has 10 nitrogen and oxygen atoms in total. The zero-order valence-electron chi connectivity index (χ0n) is 14.3. The SMILES string of the molecule is O=C(O)C(OCc1[nH]nc2cc(-n3nnc4c(F)cc(Br)cc43)ccc12)C(=O)O. The summed E-state index contributed by atoms with van der Waals surface area (Å²) < 4.78 is 21.0. The van der Waals surface area contributed by atoms with Gasteiger partial charge in [0.2, 0.25) is 0 Å². The van der Waals surface area contributed by atoms with E-state index in [4.69, 9.17) is 14.9 Å². The Morgan fingerprint density at radius 2 is 2.00 bits per heavy atom. The summed E-state index contributed by atoms with van der Waals surface area (Å²) in [6.07, 6.45) is -1.98. The maximum absolute atomic E-state index is 14.0. The van der Waals surface area contributed by atoms with Crippen molar-refractivity contribution in [3.8, 4) is 5.69 Å². The van der Waals surface area contributed by atoms with Gasteiger partial charge in [0.15, 0.2) is 5.82 Å². The normalized spacial score (nSPS) is 11.6. The van der Waals surface area contributed by atoms with E-state index in [1.54, 1.807) is 24.3 Å². The Labute approximate surface area is 169 Å². The van der Waals surface area contributed by atoms with Gasteiger partial charge in [-0.25, -0.2) is 18.7 Å². The second-order valence-corrected chi connectivity index (χ2v) is 6.94. The van der Waals surface area contributed by atoms with Crippen LogP contribution in [-0.4, -0.2) is 53.4 Å². The van der Waals surface area contributed by atoms with Gasteiger partial charge >= 0.3 is 11.9 Å². The highest BCUT2D eigenvalue weighted by molar-refractivity contribution is 9.10. The van der Waals surface area contributed by atoms with Gasteiger partial charge in [-0.2, -0.15) is 5.10 Å². The first kappa shape index (κ1) is 19.0. The van der Waals surface area contributed by atoms with Crippen molar-refractivity contribution in [2.24, 2.45) is 0 Å². The minimum absolute atomic E-state index is 0.123. The number of halogens is 2. The predicted molar refractivity (Wildman–Crippen MR) is 100 cm³/mol. The summed E-state index contributed by atoms with van der Waals surface area (Å²) in [6, 6.07) is 8.04. The largest absolute Gasteiger partial charge is 0.479 e. The Balaban J connectivity index is 1.67. The molecule has 3 N–H and O–H groups in total. The summed E-state index contributed by atoms with van der Waals surface area (Å²) in [7, 11) is 0. The van der Waals surface area contributed by atoms with Gasteiger partial charge < -0.3 is 14.9 Å². The third-order valence-electron chi connectivity index (χ3n) is 4.18. The molecule has 0 fully saturated rings. The van der Waals surface area contributed by atoms with E-state index in [0.29, 0.717) is 32.3 Å². The zero-order chi connectivity index (χ0) is 20.7. The molecule has 148 valence electrons. The number of aliphatic carboxylic acids is 2. The summed E-state index contributed by atoms with van der Waals surface area (Å²) in [5, 5.41) is 33.0. The molecule has 2 heterocycles. The molecule has 29 heavy (non-hydrogen) atoms. The zero-order valence-corrected chi connectivity index (χ0v) is 15.9. The van der Waals surface area contributed by atoms with E-state index >= 15 is 0 Å². The average Bonchev–Trinajstić information content (AvgIpc) is 3.25. The number of carboxylic acids is 2. The molecule has 0 saturated carbocycles. The first-order valence-electron chi connectivity index (χ1n) is 8.10. The Kier molecular flexibility index (Phi) is 4.72. The summed E-state index contributed by atoms with van der Waals surface area (Å²) in [6.45, 7) is -0.288. The molecule has 12 heteroatoms. The van der Waals surface area contributed by atoms with Crippen LogP contribution in [0, 0.1) is 5.82 Å². The van der Waals surface area contributed by atoms with Crippen LogP contribution < -0.4 is 0 Å². The smallest absolute Gasteiger partial charge is 0.344 e. The lowest BCUT2D eigenvalue weighted by Gasteiger charge is -2.08. The second kappa shape index (κ2) is 7.22. The summed E-state index contributed by atoms with van der Waals surface area (Å²) in [5.41, 5.74) is 2.07. The lowest BCUT2D eigenvalue weighted by molar-refractivity contribution is -0.166. The molecule has 0 aliphatic heterocycles. The fourth-order valence-corrected chi connectivity index (χ4v) is 3.27. The fourth-order valence-electron chi connectivity index (χ4n) is 2.85. The summed E-state index contributed by atoms with van der Waals surface area (Å²) in [5.74, 6) is -3.70. The number of aromatic amines is 1. The number of aromatic nitrogens is 5. The monoisotopic (exact) mass is 463 g/mol. The van der Waals surface area contributed by atoms with Crippen LogP contribution in [0.25, 0.3) is 27.6 Å². The Bertz CT molecular complexity index is 1260. The molecule has 0 saturated heterocycles. The number of nitrogens with one attached hydrogen (secondary N) is 1. The lowest BCUT2D eigenvalue weighted by Crippen LogP contribution is -2.32. The maximum atomic E-state index is 14.0. The van der Waals surface area contributed by atoms with E-state index in [1.807, 2.05) is 0 Å².